The van der Waals surface area contributed by atoms with Crippen molar-refractivity contribution in [1.29, 1.82) is 0 Å². The van der Waals surface area contributed by atoms with E-state index in [1.807, 2.05) is 6.07 Å². The van der Waals surface area contributed by atoms with E-state index in [0.29, 0.717) is 19.1 Å². The summed E-state index contributed by atoms with van der Waals surface area (Å²) in [6, 6.07) is 12.7. The molecule has 0 aliphatic heterocycles. The highest BCUT2D eigenvalue weighted by molar-refractivity contribution is 7.17. The van der Waals surface area contributed by atoms with Gasteiger partial charge in [-0.3, -0.25) is 0 Å². The molecule has 1 aromatic heterocycles. The van der Waals surface area contributed by atoms with Gasteiger partial charge in [0.15, 0.2) is 0 Å². The monoisotopic (exact) mass is 346 g/mol. The van der Waals surface area contributed by atoms with E-state index >= 15 is 0 Å². The molecular formula is C19H19ClO2S. The van der Waals surface area contributed by atoms with Crippen LogP contribution >= 0.6 is 22.9 Å². The summed E-state index contributed by atoms with van der Waals surface area (Å²) in [4.78, 5) is 0. The minimum Gasteiger partial charge on any atom is -0.491 e. The normalized spacial score (nSPS) is 11.1. The Balaban J connectivity index is 1.95. The van der Waals surface area contributed by atoms with E-state index in [-0.39, 0.29) is 0 Å². The molecule has 3 rings (SSSR count). The third-order valence-corrected chi connectivity index (χ3v) is 5.11. The second kappa shape index (κ2) is 7.35. The Labute approximate surface area is 145 Å². The number of hydrogen-bond acceptors (Lipinski definition) is 3. The number of thiophene rings is 1. The van der Waals surface area contributed by atoms with E-state index in [1.165, 1.54) is 26.8 Å². The van der Waals surface area contributed by atoms with Gasteiger partial charge in [0.2, 0.25) is 0 Å². The van der Waals surface area contributed by atoms with Crippen molar-refractivity contribution in [2.75, 3.05) is 20.3 Å². The summed E-state index contributed by atoms with van der Waals surface area (Å²) < 4.78 is 12.0. The van der Waals surface area contributed by atoms with E-state index in [0.717, 1.165) is 11.3 Å². The first-order valence-corrected chi connectivity index (χ1v) is 8.93. The Bertz CT molecular complexity index is 810. The van der Waals surface area contributed by atoms with Crippen LogP contribution in [0.25, 0.3) is 21.2 Å². The molecule has 3 aromatic rings. The molecule has 0 bridgehead atoms. The summed E-state index contributed by atoms with van der Waals surface area (Å²) in [7, 11) is 1.68. The first-order valence-electron chi connectivity index (χ1n) is 7.52. The fourth-order valence-corrected chi connectivity index (χ4v) is 3.75. The van der Waals surface area contributed by atoms with E-state index < -0.39 is 0 Å². The van der Waals surface area contributed by atoms with Crippen molar-refractivity contribution in [3.8, 4) is 16.9 Å². The smallest absolute Gasteiger partial charge is 0.119 e. The van der Waals surface area contributed by atoms with Crippen LogP contribution < -0.4 is 4.74 Å². The van der Waals surface area contributed by atoms with Crippen molar-refractivity contribution in [3.63, 3.8) is 0 Å². The summed E-state index contributed by atoms with van der Waals surface area (Å²) in [6.07, 6.45) is 0. The molecule has 4 heteroatoms. The van der Waals surface area contributed by atoms with Gasteiger partial charge in [0.1, 0.15) is 12.4 Å². The highest BCUT2D eigenvalue weighted by atomic mass is 35.5. The molecule has 0 amide bonds. The number of hydrogen-bond donors (Lipinski definition) is 0. The Morgan fingerprint density at radius 3 is 2.65 bits per heavy atom. The van der Waals surface area contributed by atoms with E-state index in [1.54, 1.807) is 18.4 Å². The maximum atomic E-state index is 5.98. The molecule has 0 unspecified atom stereocenters. The molecule has 23 heavy (non-hydrogen) atoms. The summed E-state index contributed by atoms with van der Waals surface area (Å²) >= 11 is 7.75. The van der Waals surface area contributed by atoms with Crippen LogP contribution in [0.5, 0.6) is 5.75 Å². The summed E-state index contributed by atoms with van der Waals surface area (Å²) in [5.41, 5.74) is 4.85. The van der Waals surface area contributed by atoms with Crippen molar-refractivity contribution in [2.24, 2.45) is 0 Å². The molecule has 0 spiro atoms. The number of benzene rings is 2. The second-order valence-corrected chi connectivity index (χ2v) is 6.61. The summed E-state index contributed by atoms with van der Waals surface area (Å²) in [6.45, 7) is 3.28. The highest BCUT2D eigenvalue weighted by Crippen LogP contribution is 2.37. The fourth-order valence-electron chi connectivity index (χ4n) is 2.64. The lowest BCUT2D eigenvalue weighted by atomic mass is 9.99. The van der Waals surface area contributed by atoms with Crippen molar-refractivity contribution in [3.05, 3.63) is 52.9 Å². The fraction of sp³-hybridized carbons (Fsp3) is 0.263. The van der Waals surface area contributed by atoms with Crippen LogP contribution in [0.2, 0.25) is 0 Å². The Kier molecular flexibility index (Phi) is 5.21. The first-order chi connectivity index (χ1) is 11.2. The minimum absolute atomic E-state index is 0.538. The lowest BCUT2D eigenvalue weighted by molar-refractivity contribution is 0.146. The Hall–Kier alpha value is -1.55. The van der Waals surface area contributed by atoms with E-state index in [2.05, 4.69) is 42.6 Å². The molecule has 0 aliphatic carbocycles. The van der Waals surface area contributed by atoms with Crippen LogP contribution in [0.4, 0.5) is 0 Å². The molecule has 0 saturated heterocycles. The van der Waals surface area contributed by atoms with Gasteiger partial charge >= 0.3 is 0 Å². The third kappa shape index (κ3) is 3.52. The molecule has 0 atom stereocenters. The molecule has 2 aromatic carbocycles. The highest BCUT2D eigenvalue weighted by Gasteiger charge is 2.10. The van der Waals surface area contributed by atoms with Gasteiger partial charge < -0.3 is 9.47 Å². The summed E-state index contributed by atoms with van der Waals surface area (Å²) in [5, 5.41) is 3.49. The quantitative estimate of drug-likeness (QED) is 0.424. The van der Waals surface area contributed by atoms with Gasteiger partial charge in [-0.1, -0.05) is 12.1 Å². The van der Waals surface area contributed by atoms with Gasteiger partial charge in [-0.15, -0.1) is 22.9 Å². The third-order valence-electron chi connectivity index (χ3n) is 3.84. The zero-order chi connectivity index (χ0) is 16.2. The average molecular weight is 347 g/mol. The SMILES string of the molecule is COCCOc1ccc(-c2csc3ccc(CCl)cc23)c(C)c1. The maximum Gasteiger partial charge on any atom is 0.119 e. The molecule has 1 heterocycles. The minimum atomic E-state index is 0.538. The van der Waals surface area contributed by atoms with Crippen molar-refractivity contribution in [2.45, 2.75) is 12.8 Å². The van der Waals surface area contributed by atoms with Crippen LogP contribution in [-0.2, 0) is 10.6 Å². The number of ether oxygens (including phenoxy) is 2. The number of methoxy groups -OCH3 is 1. The number of alkyl halides is 1. The zero-order valence-electron chi connectivity index (χ0n) is 13.3. The van der Waals surface area contributed by atoms with Gasteiger partial charge in [0.25, 0.3) is 0 Å². The largest absolute Gasteiger partial charge is 0.491 e. The average Bonchev–Trinajstić information content (AvgIpc) is 2.98. The van der Waals surface area contributed by atoms with Gasteiger partial charge in [-0.25, -0.2) is 0 Å². The molecule has 2 nitrogen and oxygen atoms in total. The number of rotatable bonds is 6. The van der Waals surface area contributed by atoms with E-state index in [4.69, 9.17) is 21.1 Å². The van der Waals surface area contributed by atoms with Crippen molar-refractivity contribution < 1.29 is 9.47 Å². The van der Waals surface area contributed by atoms with Crippen LogP contribution in [0.1, 0.15) is 11.1 Å². The topological polar surface area (TPSA) is 18.5 Å². The Morgan fingerprint density at radius 2 is 1.91 bits per heavy atom. The number of aryl methyl sites for hydroxylation is 1. The zero-order valence-corrected chi connectivity index (χ0v) is 14.8. The first kappa shape index (κ1) is 16.3. The number of halogens is 1. The van der Waals surface area contributed by atoms with Crippen LogP contribution in [0, 0.1) is 6.92 Å². The van der Waals surface area contributed by atoms with Gasteiger partial charge in [0, 0.05) is 28.6 Å². The predicted octanol–water partition coefficient (Wildman–Crippen LogP) is 5.64. The molecule has 0 N–H and O–H groups in total. The van der Waals surface area contributed by atoms with Gasteiger partial charge in [0.05, 0.1) is 6.61 Å². The lowest BCUT2D eigenvalue weighted by Crippen LogP contribution is -2.04. The van der Waals surface area contributed by atoms with Crippen molar-refractivity contribution >= 4 is 33.0 Å². The van der Waals surface area contributed by atoms with Crippen LogP contribution in [0.3, 0.4) is 0 Å². The molecule has 0 radical (unpaired) electrons. The Morgan fingerprint density at radius 1 is 1.04 bits per heavy atom. The van der Waals surface area contributed by atoms with Gasteiger partial charge in [-0.05, 0) is 53.3 Å². The van der Waals surface area contributed by atoms with Crippen LogP contribution in [-0.4, -0.2) is 20.3 Å². The van der Waals surface area contributed by atoms with Gasteiger partial charge in [-0.2, -0.15) is 0 Å². The van der Waals surface area contributed by atoms with Crippen molar-refractivity contribution in [1.82, 2.24) is 0 Å². The van der Waals surface area contributed by atoms with E-state index in [9.17, 15) is 0 Å². The predicted molar refractivity (Wildman–Crippen MR) is 98.9 cm³/mol. The summed E-state index contributed by atoms with van der Waals surface area (Å²) in [5.74, 6) is 1.42. The molecular weight excluding hydrogens is 328 g/mol. The molecule has 0 aliphatic rings. The number of fused-ring (bicyclic) bond motifs is 1. The molecule has 0 saturated carbocycles. The lowest BCUT2D eigenvalue weighted by Gasteiger charge is -2.10. The second-order valence-electron chi connectivity index (χ2n) is 5.43. The maximum absolute atomic E-state index is 5.98. The molecule has 120 valence electrons. The standard InChI is InChI=1S/C19H19ClO2S/c1-13-9-15(22-8-7-21-2)4-5-16(13)18-12-23-19-6-3-14(11-20)10-17(18)19/h3-6,9-10,12H,7-8,11H2,1-2H3. The van der Waals surface area contributed by atoms with Crippen LogP contribution in [0.15, 0.2) is 41.8 Å². The molecule has 0 fully saturated rings.